The minimum atomic E-state index is -0.873. The van der Waals surface area contributed by atoms with E-state index in [4.69, 9.17) is 4.74 Å². The Labute approximate surface area is 198 Å². The van der Waals surface area contributed by atoms with Crippen LogP contribution in [-0.4, -0.2) is 24.1 Å². The van der Waals surface area contributed by atoms with Gasteiger partial charge in [0.05, 0.1) is 11.8 Å². The molecule has 0 fully saturated rings. The van der Waals surface area contributed by atoms with Crippen molar-refractivity contribution in [1.29, 1.82) is 0 Å². The third kappa shape index (κ3) is 7.00. The Morgan fingerprint density at radius 3 is 2.44 bits per heavy atom. The number of halogens is 1. The summed E-state index contributed by atoms with van der Waals surface area (Å²) in [6.45, 7) is 6.08. The lowest BCUT2D eigenvalue weighted by atomic mass is 10.0. The fourth-order valence-electron chi connectivity index (χ4n) is 3.26. The quantitative estimate of drug-likeness (QED) is 0.361. The van der Waals surface area contributed by atoms with Gasteiger partial charge < -0.3 is 10.1 Å². The van der Waals surface area contributed by atoms with Crippen LogP contribution in [0.5, 0.6) is 5.75 Å². The number of carbonyl (C=O) groups is 2. The molecule has 0 bridgehead atoms. The molecule has 0 saturated carbocycles. The second-order valence-corrected chi connectivity index (χ2v) is 8.26. The van der Waals surface area contributed by atoms with E-state index < -0.39 is 23.7 Å². The highest BCUT2D eigenvalue weighted by molar-refractivity contribution is 5.98. The maximum atomic E-state index is 13.9. The topological polar surface area (TPSA) is 79.8 Å². The van der Waals surface area contributed by atoms with Crippen LogP contribution < -0.4 is 15.5 Å². The molecule has 7 heteroatoms. The number of hydrogen-bond donors (Lipinski definition) is 2. The molecule has 0 aliphatic rings. The molecule has 0 aromatic heterocycles. The van der Waals surface area contributed by atoms with E-state index in [0.29, 0.717) is 6.61 Å². The van der Waals surface area contributed by atoms with Gasteiger partial charge in [0.25, 0.3) is 11.8 Å². The first-order chi connectivity index (χ1) is 16.3. The molecule has 0 aliphatic heterocycles. The van der Waals surface area contributed by atoms with Crippen molar-refractivity contribution in [1.82, 2.24) is 10.7 Å². The summed E-state index contributed by atoms with van der Waals surface area (Å²) in [5, 5.41) is 6.56. The van der Waals surface area contributed by atoms with Gasteiger partial charge in [0.15, 0.2) is 0 Å². The molecule has 0 heterocycles. The molecular weight excluding hydrogens is 433 g/mol. The molecule has 34 heavy (non-hydrogen) atoms. The molecule has 0 spiro atoms. The molecule has 2 N–H and O–H groups in total. The number of amides is 2. The Bertz CT molecular complexity index is 1160. The second-order valence-electron chi connectivity index (χ2n) is 8.26. The Morgan fingerprint density at radius 2 is 1.76 bits per heavy atom. The van der Waals surface area contributed by atoms with Gasteiger partial charge in [-0.1, -0.05) is 55.8 Å². The van der Waals surface area contributed by atoms with Crippen LogP contribution >= 0.6 is 0 Å². The molecule has 3 rings (SSSR count). The van der Waals surface area contributed by atoms with Crippen LogP contribution in [-0.2, 0) is 11.4 Å². The van der Waals surface area contributed by atoms with Crippen LogP contribution in [0.3, 0.4) is 0 Å². The van der Waals surface area contributed by atoms with Crippen molar-refractivity contribution in [2.45, 2.75) is 33.4 Å². The number of hydrazone groups is 1. The van der Waals surface area contributed by atoms with E-state index in [9.17, 15) is 14.0 Å². The van der Waals surface area contributed by atoms with Gasteiger partial charge >= 0.3 is 0 Å². The summed E-state index contributed by atoms with van der Waals surface area (Å²) in [4.78, 5) is 25.0. The van der Waals surface area contributed by atoms with Crippen molar-refractivity contribution >= 4 is 18.0 Å². The fraction of sp³-hybridized carbons (Fsp3) is 0.222. The first-order valence-electron chi connectivity index (χ1n) is 11.0. The summed E-state index contributed by atoms with van der Waals surface area (Å²) in [7, 11) is 0. The van der Waals surface area contributed by atoms with E-state index in [1.807, 2.05) is 49.4 Å². The van der Waals surface area contributed by atoms with Gasteiger partial charge in [0, 0.05) is 0 Å². The predicted octanol–water partition coefficient (Wildman–Crippen LogP) is 4.62. The molecule has 176 valence electrons. The molecular formula is C27H28FN3O3. The molecule has 0 radical (unpaired) electrons. The number of ether oxygens (including phenoxy) is 1. The van der Waals surface area contributed by atoms with Gasteiger partial charge in [-0.15, -0.1) is 0 Å². The summed E-state index contributed by atoms with van der Waals surface area (Å²) in [5.74, 6) is -1.30. The van der Waals surface area contributed by atoms with E-state index in [0.717, 1.165) is 16.9 Å². The average Bonchev–Trinajstić information content (AvgIpc) is 2.82. The molecule has 1 unspecified atom stereocenters. The van der Waals surface area contributed by atoms with Crippen molar-refractivity contribution in [3.05, 3.63) is 101 Å². The number of hydrogen-bond acceptors (Lipinski definition) is 4. The number of aryl methyl sites for hydroxylation is 1. The third-order valence-corrected chi connectivity index (χ3v) is 5.11. The van der Waals surface area contributed by atoms with E-state index in [1.54, 1.807) is 19.9 Å². The highest BCUT2D eigenvalue weighted by Crippen LogP contribution is 2.14. The lowest BCUT2D eigenvalue weighted by Crippen LogP contribution is -2.48. The lowest BCUT2D eigenvalue weighted by Gasteiger charge is -2.20. The van der Waals surface area contributed by atoms with Crippen LogP contribution in [0.15, 0.2) is 77.9 Å². The SMILES string of the molecule is Cc1cccc(COc2ccc(C=NNC(=O)C(NC(=O)c3ccccc3F)C(C)C)cc2)c1. The van der Waals surface area contributed by atoms with Gasteiger partial charge in [-0.2, -0.15) is 5.10 Å². The largest absolute Gasteiger partial charge is 0.489 e. The van der Waals surface area contributed by atoms with Crippen LogP contribution in [0, 0.1) is 18.7 Å². The van der Waals surface area contributed by atoms with Crippen molar-refractivity contribution in [2.75, 3.05) is 0 Å². The predicted molar refractivity (Wildman–Crippen MR) is 130 cm³/mol. The third-order valence-electron chi connectivity index (χ3n) is 5.11. The Morgan fingerprint density at radius 1 is 1.03 bits per heavy atom. The lowest BCUT2D eigenvalue weighted by molar-refractivity contribution is -0.123. The standard InChI is InChI=1S/C27H28FN3O3/c1-18(2)25(30-26(32)23-9-4-5-10-24(23)28)27(33)31-29-16-20-11-13-22(14-12-20)34-17-21-8-6-7-19(3)15-21/h4-16,18,25H,17H2,1-3H3,(H,30,32)(H,31,33). The van der Waals surface area contributed by atoms with Crippen LogP contribution in [0.2, 0.25) is 0 Å². The number of nitrogens with zero attached hydrogens (tertiary/aromatic N) is 1. The molecule has 0 saturated heterocycles. The summed E-state index contributed by atoms with van der Waals surface area (Å²) in [6, 6.07) is 20.2. The zero-order chi connectivity index (χ0) is 24.5. The first-order valence-corrected chi connectivity index (χ1v) is 11.0. The van der Waals surface area contributed by atoms with Gasteiger partial charge in [0.2, 0.25) is 0 Å². The molecule has 2 amide bonds. The normalized spacial score (nSPS) is 11.9. The van der Waals surface area contributed by atoms with Crippen LogP contribution in [0.1, 0.15) is 40.9 Å². The zero-order valence-electron chi connectivity index (χ0n) is 19.4. The number of rotatable bonds is 9. The monoisotopic (exact) mass is 461 g/mol. The average molecular weight is 462 g/mol. The maximum Gasteiger partial charge on any atom is 0.262 e. The molecule has 0 aliphatic carbocycles. The summed E-state index contributed by atoms with van der Waals surface area (Å²) < 4.78 is 19.7. The minimum absolute atomic E-state index is 0.117. The van der Waals surface area contributed by atoms with E-state index in [2.05, 4.69) is 21.9 Å². The van der Waals surface area contributed by atoms with Crippen LogP contribution in [0.25, 0.3) is 0 Å². The van der Waals surface area contributed by atoms with Crippen molar-refractivity contribution in [3.8, 4) is 5.75 Å². The molecule has 6 nitrogen and oxygen atoms in total. The van der Waals surface area contributed by atoms with Gasteiger partial charge in [-0.3, -0.25) is 9.59 Å². The fourth-order valence-corrected chi connectivity index (χ4v) is 3.26. The van der Waals surface area contributed by atoms with Crippen molar-refractivity contribution in [2.24, 2.45) is 11.0 Å². The molecule has 1 atom stereocenters. The summed E-state index contributed by atoms with van der Waals surface area (Å²) >= 11 is 0. The number of carbonyl (C=O) groups excluding carboxylic acids is 2. The minimum Gasteiger partial charge on any atom is -0.489 e. The number of benzene rings is 3. The highest BCUT2D eigenvalue weighted by atomic mass is 19.1. The van der Waals surface area contributed by atoms with Crippen molar-refractivity contribution in [3.63, 3.8) is 0 Å². The number of nitrogens with one attached hydrogen (secondary N) is 2. The van der Waals surface area contributed by atoms with Crippen LogP contribution in [0.4, 0.5) is 4.39 Å². The van der Waals surface area contributed by atoms with Gasteiger partial charge in [-0.25, -0.2) is 9.82 Å². The Balaban J connectivity index is 1.54. The molecule has 3 aromatic carbocycles. The second kappa shape index (κ2) is 11.7. The smallest absolute Gasteiger partial charge is 0.262 e. The Hall–Kier alpha value is -4.00. The van der Waals surface area contributed by atoms with E-state index in [1.165, 1.54) is 30.0 Å². The van der Waals surface area contributed by atoms with Gasteiger partial charge in [-0.05, 0) is 60.4 Å². The highest BCUT2D eigenvalue weighted by Gasteiger charge is 2.25. The van der Waals surface area contributed by atoms with Crippen molar-refractivity contribution < 1.29 is 18.7 Å². The summed E-state index contributed by atoms with van der Waals surface area (Å²) in [6.07, 6.45) is 1.50. The van der Waals surface area contributed by atoms with Gasteiger partial charge in [0.1, 0.15) is 24.2 Å². The Kier molecular flexibility index (Phi) is 8.51. The summed E-state index contributed by atoms with van der Waals surface area (Å²) in [5.41, 5.74) is 5.36. The van der Waals surface area contributed by atoms with E-state index in [-0.39, 0.29) is 11.5 Å². The first kappa shape index (κ1) is 24.6. The van der Waals surface area contributed by atoms with E-state index >= 15 is 0 Å². The molecule has 3 aromatic rings. The zero-order valence-corrected chi connectivity index (χ0v) is 19.4. The maximum absolute atomic E-state index is 13.9.